The number of rotatable bonds is 9. The summed E-state index contributed by atoms with van der Waals surface area (Å²) < 4.78 is 30.6. The molecule has 2 aromatic rings. The molecule has 2 atom stereocenters. The number of nitrogens with one attached hydrogen (secondary N) is 4. The Bertz CT molecular complexity index is 1050. The van der Waals surface area contributed by atoms with Crippen molar-refractivity contribution in [3.63, 3.8) is 0 Å². The molecule has 1 saturated heterocycles. The highest BCUT2D eigenvalue weighted by Gasteiger charge is 2.41. The molecule has 3 amide bonds. The number of carbonyl (C=O) groups is 2. The Balaban J connectivity index is 1.53. The smallest absolute Gasteiger partial charge is 0.322 e. The van der Waals surface area contributed by atoms with Crippen molar-refractivity contribution >= 4 is 22.0 Å². The summed E-state index contributed by atoms with van der Waals surface area (Å²) in [4.78, 5) is 23.1. The van der Waals surface area contributed by atoms with Crippen LogP contribution in [0, 0.1) is 6.92 Å². The lowest BCUT2D eigenvalue weighted by molar-refractivity contribution is -0.708. The Morgan fingerprint density at radius 2 is 1.58 bits per heavy atom. The molecule has 0 aliphatic carbocycles. The minimum Gasteiger partial charge on any atom is -0.457 e. The van der Waals surface area contributed by atoms with Gasteiger partial charge in [0.25, 0.3) is 5.91 Å². The third-order valence-electron chi connectivity index (χ3n) is 5.16. The van der Waals surface area contributed by atoms with E-state index in [1.54, 1.807) is 19.1 Å². The van der Waals surface area contributed by atoms with E-state index in [1.807, 2.05) is 31.2 Å². The van der Waals surface area contributed by atoms with Gasteiger partial charge < -0.3 is 15.9 Å². The number of ether oxygens (including phenoxy) is 1. The fourth-order valence-corrected chi connectivity index (χ4v) is 4.42. The maximum absolute atomic E-state index is 12.7. The summed E-state index contributed by atoms with van der Waals surface area (Å²) >= 11 is 0. The number of amides is 3. The molecule has 0 aromatic heterocycles. The van der Waals surface area contributed by atoms with Gasteiger partial charge in [0.15, 0.2) is 0 Å². The third-order valence-corrected chi connectivity index (χ3v) is 6.91. The van der Waals surface area contributed by atoms with Gasteiger partial charge in [-0.05, 0) is 69.5 Å². The van der Waals surface area contributed by atoms with E-state index in [4.69, 9.17) is 10.6 Å². The summed E-state index contributed by atoms with van der Waals surface area (Å²) in [5.74, 6) is 8.77. The van der Waals surface area contributed by atoms with Crippen LogP contribution >= 0.6 is 0 Å². The van der Waals surface area contributed by atoms with Gasteiger partial charge in [-0.15, -0.1) is 0 Å². The van der Waals surface area contributed by atoms with E-state index >= 15 is 0 Å². The van der Waals surface area contributed by atoms with Gasteiger partial charge in [0.05, 0.1) is 6.54 Å². The number of unbranched alkanes of at least 4 members (excludes halogenated alkanes) is 1. The quantitative estimate of drug-likeness (QED) is 0.309. The molecule has 166 valence electrons. The molecule has 1 heterocycles. The van der Waals surface area contributed by atoms with Crippen LogP contribution in [0.1, 0.15) is 31.7 Å². The van der Waals surface area contributed by atoms with Crippen molar-refractivity contribution in [1.29, 1.82) is 0 Å². The summed E-state index contributed by atoms with van der Waals surface area (Å²) in [7, 11) is -3.89. The minimum atomic E-state index is -3.89. The molecular formula is C21H26N4O5S. The fraction of sp³-hybridized carbons (Fsp3) is 0.333. The van der Waals surface area contributed by atoms with E-state index in [-0.39, 0.29) is 15.9 Å². The van der Waals surface area contributed by atoms with Crippen LogP contribution in [0.5, 0.6) is 11.5 Å². The van der Waals surface area contributed by atoms with E-state index < -0.39 is 27.5 Å². The van der Waals surface area contributed by atoms with Crippen molar-refractivity contribution < 1.29 is 27.2 Å². The minimum absolute atomic E-state index is 0.0307. The summed E-state index contributed by atoms with van der Waals surface area (Å²) in [6.45, 7) is 3.65. The summed E-state index contributed by atoms with van der Waals surface area (Å²) in [5, 5.41) is 4.75. The lowest BCUT2D eigenvalue weighted by atomic mass is 9.95. The van der Waals surface area contributed by atoms with Crippen LogP contribution in [-0.4, -0.2) is 32.4 Å². The van der Waals surface area contributed by atoms with Crippen LogP contribution in [0.2, 0.25) is 0 Å². The zero-order chi connectivity index (χ0) is 22.6. The van der Waals surface area contributed by atoms with Crippen molar-refractivity contribution in [1.82, 2.24) is 10.6 Å². The lowest BCUT2D eigenvalue weighted by Crippen LogP contribution is -3.07. The molecule has 2 aromatic carbocycles. The molecule has 1 aliphatic rings. The Kier molecular flexibility index (Phi) is 6.63. The number of benzene rings is 2. The lowest BCUT2D eigenvalue weighted by Gasteiger charge is -2.23. The Labute approximate surface area is 181 Å². The van der Waals surface area contributed by atoms with Crippen molar-refractivity contribution in [2.75, 3.05) is 6.54 Å². The molecule has 0 radical (unpaired) electrons. The van der Waals surface area contributed by atoms with Gasteiger partial charge >= 0.3 is 16.1 Å². The van der Waals surface area contributed by atoms with Crippen molar-refractivity contribution in [3.8, 4) is 11.5 Å². The summed E-state index contributed by atoms with van der Waals surface area (Å²) in [5.41, 5.74) is 0.114. The summed E-state index contributed by atoms with van der Waals surface area (Å²) in [6, 6.07) is 12.9. The predicted octanol–water partition coefficient (Wildman–Crippen LogP) is 2.10. The van der Waals surface area contributed by atoms with Gasteiger partial charge in [0, 0.05) is 0 Å². The monoisotopic (exact) mass is 446 g/mol. The SMILES string of the molecule is Cc1ccc(Oc2ccc(S(=O)(=O)[NH+]([NH-])CCCCC3(C)NC(=O)NC3=O)cc2)cc1. The summed E-state index contributed by atoms with van der Waals surface area (Å²) in [6.07, 6.45) is 1.26. The molecule has 3 rings (SSSR count). The standard InChI is InChI=1S/C21H26N4O5S/c1-15-5-7-16(8-6-15)30-17-9-11-18(12-10-17)31(28,29)25(22)14-4-3-13-21(2)19(26)23-20(27)24-21/h5-12,22,25H,3-4,13-14H2,1-2H3,(H2,23,24,26,27). The van der Waals surface area contributed by atoms with E-state index in [0.717, 1.165) is 5.56 Å². The van der Waals surface area contributed by atoms with Gasteiger partial charge in [0.1, 0.15) is 21.9 Å². The van der Waals surface area contributed by atoms with Crippen LogP contribution in [0.4, 0.5) is 4.79 Å². The van der Waals surface area contributed by atoms with Gasteiger partial charge in [-0.2, -0.15) is 8.42 Å². The Morgan fingerprint density at radius 3 is 2.13 bits per heavy atom. The maximum atomic E-state index is 12.7. The first-order valence-corrected chi connectivity index (χ1v) is 11.4. The molecule has 0 bridgehead atoms. The van der Waals surface area contributed by atoms with Gasteiger partial charge in [-0.3, -0.25) is 14.5 Å². The molecule has 0 spiro atoms. The first-order valence-electron chi connectivity index (χ1n) is 9.91. The normalized spacial score (nSPS) is 19.6. The van der Waals surface area contributed by atoms with E-state index in [9.17, 15) is 18.0 Å². The van der Waals surface area contributed by atoms with Crippen LogP contribution in [0.3, 0.4) is 0 Å². The molecule has 31 heavy (non-hydrogen) atoms. The Hall–Kier alpha value is -2.95. The van der Waals surface area contributed by atoms with Crippen LogP contribution in [-0.2, 0) is 14.8 Å². The zero-order valence-corrected chi connectivity index (χ0v) is 18.2. The second-order valence-corrected chi connectivity index (χ2v) is 9.73. The number of quaternary nitrogens is 1. The van der Waals surface area contributed by atoms with Gasteiger partial charge in [-0.1, -0.05) is 17.7 Å². The molecule has 0 saturated carbocycles. The number of carbonyl (C=O) groups excluding carboxylic acids is 2. The Morgan fingerprint density at radius 1 is 1.00 bits per heavy atom. The highest BCUT2D eigenvalue weighted by Crippen LogP contribution is 2.23. The van der Waals surface area contributed by atoms with E-state index in [2.05, 4.69) is 10.6 Å². The first-order chi connectivity index (χ1) is 14.6. The molecular weight excluding hydrogens is 420 g/mol. The third kappa shape index (κ3) is 5.40. The topological polar surface area (TPSA) is 130 Å². The zero-order valence-electron chi connectivity index (χ0n) is 17.4. The number of hydrogen-bond donors (Lipinski definition) is 3. The van der Waals surface area contributed by atoms with Crippen LogP contribution < -0.4 is 19.8 Å². The molecule has 10 heteroatoms. The van der Waals surface area contributed by atoms with Crippen LogP contribution in [0.25, 0.3) is 5.84 Å². The molecule has 2 unspecified atom stereocenters. The van der Waals surface area contributed by atoms with Crippen LogP contribution in [0.15, 0.2) is 53.4 Å². The first kappa shape index (κ1) is 22.7. The largest absolute Gasteiger partial charge is 0.457 e. The highest BCUT2D eigenvalue weighted by molar-refractivity contribution is 7.85. The number of urea groups is 1. The highest BCUT2D eigenvalue weighted by atomic mass is 32.2. The van der Waals surface area contributed by atoms with Gasteiger partial charge in [-0.25, -0.2) is 4.79 Å². The van der Waals surface area contributed by atoms with Crippen molar-refractivity contribution in [2.45, 2.75) is 43.5 Å². The number of aryl methyl sites for hydroxylation is 1. The second-order valence-electron chi connectivity index (χ2n) is 7.76. The number of imide groups is 1. The second kappa shape index (κ2) is 9.04. The fourth-order valence-electron chi connectivity index (χ4n) is 3.23. The molecule has 1 aliphatic heterocycles. The molecule has 1 fully saturated rings. The van der Waals surface area contributed by atoms with E-state index in [0.29, 0.717) is 30.8 Å². The van der Waals surface area contributed by atoms with Crippen molar-refractivity contribution in [3.05, 3.63) is 59.9 Å². The average Bonchev–Trinajstić information content (AvgIpc) is 2.98. The average molecular weight is 447 g/mol. The molecule has 9 nitrogen and oxygen atoms in total. The number of sulfonamides is 1. The molecule has 4 N–H and O–H groups in total. The number of hydrogen-bond acceptors (Lipinski definition) is 5. The van der Waals surface area contributed by atoms with E-state index in [1.165, 1.54) is 12.1 Å². The predicted molar refractivity (Wildman–Crippen MR) is 114 cm³/mol. The van der Waals surface area contributed by atoms with Gasteiger partial charge in [0.2, 0.25) is 0 Å². The van der Waals surface area contributed by atoms with Crippen molar-refractivity contribution in [2.24, 2.45) is 0 Å². The maximum Gasteiger partial charge on any atom is 0.322 e.